The van der Waals surface area contributed by atoms with Crippen LogP contribution in [0.25, 0.3) is 0 Å². The van der Waals surface area contributed by atoms with E-state index in [9.17, 15) is 0 Å². The van der Waals surface area contributed by atoms with Crippen LogP contribution in [-0.2, 0) is 16.2 Å². The van der Waals surface area contributed by atoms with Gasteiger partial charge in [-0.15, -0.1) is 0 Å². The van der Waals surface area contributed by atoms with E-state index in [2.05, 4.69) is 16.9 Å². The number of nitrogens with one attached hydrogen (secondary N) is 1. The van der Waals surface area contributed by atoms with Crippen LogP contribution in [0.1, 0.15) is 36.5 Å². The Labute approximate surface area is 98.6 Å². The summed E-state index contributed by atoms with van der Waals surface area (Å²) in [6.45, 7) is 2.08. The number of hydrogen-bond donors (Lipinski definition) is 1. The van der Waals surface area contributed by atoms with Crippen molar-refractivity contribution in [2.24, 2.45) is 0 Å². The van der Waals surface area contributed by atoms with E-state index in [1.54, 1.807) is 7.11 Å². The summed E-state index contributed by atoms with van der Waals surface area (Å²) in [4.78, 5) is 7.75. The Morgan fingerprint density at radius 3 is 3.07 bits per heavy atom. The molecule has 0 amide bonds. The summed E-state index contributed by atoms with van der Waals surface area (Å²) in [5.74, 6) is 2.86. The fraction of sp³-hybridized carbons (Fsp3) is 0.600. The van der Waals surface area contributed by atoms with Crippen LogP contribution >= 0.6 is 24.0 Å². The van der Waals surface area contributed by atoms with Gasteiger partial charge in [-0.05, 0) is 6.42 Å². The smallest absolute Gasteiger partial charge is 0.137 e. The lowest BCUT2D eigenvalue weighted by Crippen LogP contribution is -2.08. The van der Waals surface area contributed by atoms with Gasteiger partial charge < -0.3 is 9.72 Å². The topological polar surface area (TPSA) is 37.9 Å². The summed E-state index contributed by atoms with van der Waals surface area (Å²) >= 11 is 7.16. The lowest BCUT2D eigenvalue weighted by molar-refractivity contribution is 0.0923. The lowest BCUT2D eigenvalue weighted by Gasteiger charge is -2.13. The van der Waals surface area contributed by atoms with Gasteiger partial charge in [0.15, 0.2) is 0 Å². The van der Waals surface area contributed by atoms with E-state index in [1.807, 2.05) is 11.8 Å². The first kappa shape index (κ1) is 11.1. The van der Waals surface area contributed by atoms with Crippen molar-refractivity contribution in [2.45, 2.75) is 31.0 Å². The van der Waals surface area contributed by atoms with Crippen LogP contribution in [0.2, 0.25) is 0 Å². The summed E-state index contributed by atoms with van der Waals surface area (Å²) in [6.07, 6.45) is 0.934. The highest BCUT2D eigenvalue weighted by molar-refractivity contribution is 7.98. The van der Waals surface area contributed by atoms with Crippen molar-refractivity contribution < 1.29 is 4.74 Å². The van der Waals surface area contributed by atoms with Crippen molar-refractivity contribution >= 4 is 24.0 Å². The second kappa shape index (κ2) is 4.63. The van der Waals surface area contributed by atoms with Crippen LogP contribution in [0.3, 0.4) is 0 Å². The molecule has 0 saturated carbocycles. The maximum absolute atomic E-state index is 5.35. The molecule has 0 spiro atoms. The van der Waals surface area contributed by atoms with E-state index >= 15 is 0 Å². The molecule has 1 N–H and O–H groups in total. The summed E-state index contributed by atoms with van der Waals surface area (Å²) in [7, 11) is 1.70. The second-order valence-corrected chi connectivity index (χ2v) is 4.88. The molecule has 0 saturated heterocycles. The molecule has 2 rings (SSSR count). The van der Waals surface area contributed by atoms with Crippen LogP contribution in [0.4, 0.5) is 0 Å². The second-order valence-electron chi connectivity index (χ2n) is 3.51. The molecule has 0 bridgehead atoms. The summed E-state index contributed by atoms with van der Waals surface area (Å²) in [5, 5.41) is 0. The monoisotopic (exact) mass is 242 g/mol. The fourth-order valence-corrected chi connectivity index (χ4v) is 3.17. The van der Waals surface area contributed by atoms with Gasteiger partial charge in [-0.1, -0.05) is 19.1 Å². The molecule has 0 radical (unpaired) electrons. The molecule has 1 unspecified atom stereocenters. The molecule has 82 valence electrons. The van der Waals surface area contributed by atoms with E-state index in [-0.39, 0.29) is 6.10 Å². The lowest BCUT2D eigenvalue weighted by atomic mass is 10.2. The van der Waals surface area contributed by atoms with Crippen LogP contribution in [0.15, 0.2) is 0 Å². The number of nitrogens with zero attached hydrogens (tertiary/aromatic N) is 1. The minimum absolute atomic E-state index is 0.0302. The molecule has 0 aliphatic carbocycles. The maximum Gasteiger partial charge on any atom is 0.137 e. The number of hydrogen-bond acceptors (Lipinski definition) is 4. The van der Waals surface area contributed by atoms with E-state index < -0.39 is 0 Å². The van der Waals surface area contributed by atoms with Crippen LogP contribution in [0.5, 0.6) is 0 Å². The SMILES string of the molecule is CCC(OC)c1nc(=S)c2c([nH]1)CSC2. The molecule has 1 aromatic rings. The average Bonchev–Trinajstić information content (AvgIpc) is 2.68. The molecule has 0 fully saturated rings. The standard InChI is InChI=1S/C10H14N2OS2/c1-3-8(13-2)9-11-7-5-15-4-6(7)10(14)12-9/h8H,3-5H2,1-2H3,(H,11,12,14). The molecule has 0 aromatic carbocycles. The Morgan fingerprint density at radius 1 is 1.60 bits per heavy atom. The fourth-order valence-electron chi connectivity index (χ4n) is 1.72. The van der Waals surface area contributed by atoms with Gasteiger partial charge >= 0.3 is 0 Å². The third-order valence-corrected chi connectivity index (χ3v) is 3.90. The van der Waals surface area contributed by atoms with E-state index in [4.69, 9.17) is 17.0 Å². The first-order valence-electron chi connectivity index (χ1n) is 4.98. The molecule has 2 heterocycles. The largest absolute Gasteiger partial charge is 0.374 e. The van der Waals surface area contributed by atoms with E-state index in [0.717, 1.165) is 28.4 Å². The first-order valence-corrected chi connectivity index (χ1v) is 6.55. The van der Waals surface area contributed by atoms with Crippen molar-refractivity contribution in [3.63, 3.8) is 0 Å². The van der Waals surface area contributed by atoms with E-state index in [1.165, 1.54) is 11.3 Å². The number of H-pyrrole nitrogens is 1. The Kier molecular flexibility index (Phi) is 3.43. The van der Waals surface area contributed by atoms with Crippen molar-refractivity contribution in [1.29, 1.82) is 0 Å². The zero-order valence-corrected chi connectivity index (χ0v) is 10.5. The summed E-state index contributed by atoms with van der Waals surface area (Å²) < 4.78 is 6.09. The van der Waals surface area contributed by atoms with Crippen molar-refractivity contribution in [2.75, 3.05) is 7.11 Å². The summed E-state index contributed by atoms with van der Waals surface area (Å²) in [6, 6.07) is 0. The van der Waals surface area contributed by atoms with Gasteiger partial charge in [0, 0.05) is 29.9 Å². The van der Waals surface area contributed by atoms with Crippen LogP contribution in [0, 0.1) is 4.64 Å². The van der Waals surface area contributed by atoms with Crippen molar-refractivity contribution in [1.82, 2.24) is 9.97 Å². The minimum atomic E-state index is 0.0302. The molecule has 15 heavy (non-hydrogen) atoms. The van der Waals surface area contributed by atoms with E-state index in [0.29, 0.717) is 0 Å². The number of fused-ring (bicyclic) bond motifs is 1. The highest BCUT2D eigenvalue weighted by Crippen LogP contribution is 2.30. The zero-order chi connectivity index (χ0) is 10.8. The highest BCUT2D eigenvalue weighted by Gasteiger charge is 2.18. The van der Waals surface area contributed by atoms with Crippen LogP contribution < -0.4 is 0 Å². The minimum Gasteiger partial charge on any atom is -0.374 e. The molecule has 1 aliphatic heterocycles. The number of aromatic amines is 1. The zero-order valence-electron chi connectivity index (χ0n) is 8.87. The summed E-state index contributed by atoms with van der Waals surface area (Å²) in [5.41, 5.74) is 2.43. The molecule has 3 nitrogen and oxygen atoms in total. The van der Waals surface area contributed by atoms with Crippen LogP contribution in [-0.4, -0.2) is 17.1 Å². The number of methoxy groups -OCH3 is 1. The first-order chi connectivity index (χ1) is 7.26. The maximum atomic E-state index is 5.35. The number of rotatable bonds is 3. The van der Waals surface area contributed by atoms with Gasteiger partial charge in [-0.3, -0.25) is 0 Å². The van der Waals surface area contributed by atoms with Gasteiger partial charge in [0.1, 0.15) is 16.6 Å². The molecule has 1 atom stereocenters. The Morgan fingerprint density at radius 2 is 2.40 bits per heavy atom. The van der Waals surface area contributed by atoms with Gasteiger partial charge in [-0.25, -0.2) is 4.98 Å². The van der Waals surface area contributed by atoms with Crippen molar-refractivity contribution in [3.05, 3.63) is 21.7 Å². The Balaban J connectivity index is 2.43. The average molecular weight is 242 g/mol. The number of thioether (sulfide) groups is 1. The molecular weight excluding hydrogens is 228 g/mol. The quantitative estimate of drug-likeness (QED) is 0.827. The van der Waals surface area contributed by atoms with Gasteiger partial charge in [0.2, 0.25) is 0 Å². The van der Waals surface area contributed by atoms with Gasteiger partial charge in [0.25, 0.3) is 0 Å². The molecule has 5 heteroatoms. The highest BCUT2D eigenvalue weighted by atomic mass is 32.2. The normalized spacial score (nSPS) is 16.4. The predicted octanol–water partition coefficient (Wildman–Crippen LogP) is 2.98. The molecule has 1 aliphatic rings. The van der Waals surface area contributed by atoms with Crippen molar-refractivity contribution in [3.8, 4) is 0 Å². The number of aromatic nitrogens is 2. The number of ether oxygens (including phenoxy) is 1. The Bertz CT molecular complexity index is 412. The predicted molar refractivity (Wildman–Crippen MR) is 64.5 cm³/mol. The van der Waals surface area contributed by atoms with Gasteiger partial charge in [-0.2, -0.15) is 11.8 Å². The third-order valence-electron chi connectivity index (χ3n) is 2.58. The Hall–Kier alpha value is -0.390. The third kappa shape index (κ3) is 2.09. The molecule has 1 aromatic heterocycles. The molecular formula is C10H14N2OS2. The van der Waals surface area contributed by atoms with Gasteiger partial charge in [0.05, 0.1) is 0 Å².